The van der Waals surface area contributed by atoms with Gasteiger partial charge in [-0.1, -0.05) is 39.0 Å². The van der Waals surface area contributed by atoms with Crippen molar-refractivity contribution in [2.45, 2.75) is 46.1 Å². The first-order chi connectivity index (χ1) is 8.74. The number of Topliss-reactive ketones (excluding diaryl/α,β-unsaturated/α-hetero) is 1. The van der Waals surface area contributed by atoms with Crippen molar-refractivity contribution in [2.24, 2.45) is 11.1 Å². The summed E-state index contributed by atoms with van der Waals surface area (Å²) in [5.41, 5.74) is 5.00. The molecule has 0 spiro atoms. The first-order valence-corrected chi connectivity index (χ1v) is 6.70. The van der Waals surface area contributed by atoms with Gasteiger partial charge >= 0.3 is 0 Å². The molecule has 0 fully saturated rings. The molecule has 1 aromatic rings. The fourth-order valence-electron chi connectivity index (χ4n) is 2.52. The SMILES string of the molecule is CC(C)(C)CC(C)(CC(=O)CN)Oc1ccccc1. The molecular formula is C16H25NO2. The second-order valence-electron chi connectivity index (χ2n) is 6.52. The minimum atomic E-state index is -0.518. The zero-order valence-electron chi connectivity index (χ0n) is 12.4. The Morgan fingerprint density at radius 3 is 2.21 bits per heavy atom. The van der Waals surface area contributed by atoms with E-state index in [0.29, 0.717) is 6.42 Å². The Hall–Kier alpha value is -1.35. The third-order valence-electron chi connectivity index (χ3n) is 2.81. The van der Waals surface area contributed by atoms with Crippen LogP contribution in [0.25, 0.3) is 0 Å². The molecule has 2 N–H and O–H groups in total. The van der Waals surface area contributed by atoms with Gasteiger partial charge in [-0.2, -0.15) is 0 Å². The maximum Gasteiger partial charge on any atom is 0.150 e. The molecule has 0 saturated heterocycles. The van der Waals surface area contributed by atoms with Gasteiger partial charge in [0.1, 0.15) is 17.1 Å². The van der Waals surface area contributed by atoms with Gasteiger partial charge in [-0.3, -0.25) is 4.79 Å². The highest BCUT2D eigenvalue weighted by atomic mass is 16.5. The predicted molar refractivity (Wildman–Crippen MR) is 78.2 cm³/mol. The van der Waals surface area contributed by atoms with Crippen LogP contribution in [-0.4, -0.2) is 17.9 Å². The van der Waals surface area contributed by atoms with Crippen molar-refractivity contribution < 1.29 is 9.53 Å². The molecule has 1 aromatic carbocycles. The normalized spacial score (nSPS) is 14.8. The van der Waals surface area contributed by atoms with Crippen LogP contribution in [0.15, 0.2) is 30.3 Å². The minimum Gasteiger partial charge on any atom is -0.487 e. The van der Waals surface area contributed by atoms with Crippen LogP contribution in [-0.2, 0) is 4.79 Å². The maximum absolute atomic E-state index is 11.7. The number of ether oxygens (including phenoxy) is 1. The predicted octanol–water partition coefficient (Wildman–Crippen LogP) is 3.18. The van der Waals surface area contributed by atoms with Gasteiger partial charge < -0.3 is 10.5 Å². The summed E-state index contributed by atoms with van der Waals surface area (Å²) in [6, 6.07) is 9.62. The lowest BCUT2D eigenvalue weighted by molar-refractivity contribution is -0.122. The number of ketones is 1. The molecule has 3 nitrogen and oxygen atoms in total. The molecule has 0 bridgehead atoms. The molecule has 0 aliphatic rings. The minimum absolute atomic E-state index is 0.0303. The van der Waals surface area contributed by atoms with E-state index in [4.69, 9.17) is 10.5 Å². The van der Waals surface area contributed by atoms with Crippen molar-refractivity contribution in [3.05, 3.63) is 30.3 Å². The zero-order valence-corrected chi connectivity index (χ0v) is 12.4. The Bertz CT molecular complexity index is 409. The van der Waals surface area contributed by atoms with Crippen molar-refractivity contribution in [3.8, 4) is 5.75 Å². The fraction of sp³-hybridized carbons (Fsp3) is 0.562. The number of para-hydroxylation sites is 1. The van der Waals surface area contributed by atoms with E-state index >= 15 is 0 Å². The Kier molecular flexibility index (Phi) is 5.12. The van der Waals surface area contributed by atoms with Crippen LogP contribution in [0.3, 0.4) is 0 Å². The maximum atomic E-state index is 11.7. The van der Waals surface area contributed by atoms with Crippen LogP contribution in [0, 0.1) is 5.41 Å². The Balaban J connectivity index is 2.88. The zero-order chi connectivity index (χ0) is 14.5. The molecule has 0 amide bonds. The molecule has 0 aromatic heterocycles. The number of hydrogen-bond donors (Lipinski definition) is 1. The molecular weight excluding hydrogens is 238 g/mol. The van der Waals surface area contributed by atoms with Crippen LogP contribution in [0.5, 0.6) is 5.75 Å². The molecule has 1 atom stereocenters. The van der Waals surface area contributed by atoms with Crippen LogP contribution in [0.4, 0.5) is 0 Å². The summed E-state index contributed by atoms with van der Waals surface area (Å²) in [6.45, 7) is 8.49. The van der Waals surface area contributed by atoms with Gasteiger partial charge in [0.2, 0.25) is 0 Å². The van der Waals surface area contributed by atoms with Crippen LogP contribution >= 0.6 is 0 Å². The number of hydrogen-bond acceptors (Lipinski definition) is 3. The highest BCUT2D eigenvalue weighted by Gasteiger charge is 2.34. The highest BCUT2D eigenvalue weighted by molar-refractivity contribution is 5.81. The van der Waals surface area contributed by atoms with Gasteiger partial charge in [0.05, 0.1) is 6.54 Å². The summed E-state index contributed by atoms with van der Waals surface area (Å²) in [6.07, 6.45) is 1.14. The smallest absolute Gasteiger partial charge is 0.150 e. The Morgan fingerprint density at radius 2 is 1.74 bits per heavy atom. The van der Waals surface area contributed by atoms with E-state index in [1.165, 1.54) is 0 Å². The van der Waals surface area contributed by atoms with Gasteiger partial charge in [0, 0.05) is 6.42 Å². The Labute approximate surface area is 116 Å². The van der Waals surface area contributed by atoms with E-state index in [-0.39, 0.29) is 17.7 Å². The van der Waals surface area contributed by atoms with Crippen LogP contribution < -0.4 is 10.5 Å². The second kappa shape index (κ2) is 6.20. The lowest BCUT2D eigenvalue weighted by Crippen LogP contribution is -2.40. The summed E-state index contributed by atoms with van der Waals surface area (Å²) in [5, 5.41) is 0. The number of nitrogens with two attached hydrogens (primary N) is 1. The van der Waals surface area contributed by atoms with Gasteiger partial charge in [0.15, 0.2) is 0 Å². The quantitative estimate of drug-likeness (QED) is 0.857. The Morgan fingerprint density at radius 1 is 1.16 bits per heavy atom. The van der Waals surface area contributed by atoms with Crippen LogP contribution in [0.2, 0.25) is 0 Å². The van der Waals surface area contributed by atoms with E-state index in [1.807, 2.05) is 37.3 Å². The first kappa shape index (κ1) is 15.7. The second-order valence-corrected chi connectivity index (χ2v) is 6.52. The summed E-state index contributed by atoms with van der Waals surface area (Å²) in [7, 11) is 0. The molecule has 0 saturated carbocycles. The van der Waals surface area contributed by atoms with Crippen molar-refractivity contribution in [2.75, 3.05) is 6.54 Å². The lowest BCUT2D eigenvalue weighted by atomic mass is 9.80. The summed E-state index contributed by atoms with van der Waals surface area (Å²) < 4.78 is 6.07. The highest BCUT2D eigenvalue weighted by Crippen LogP contribution is 2.33. The van der Waals surface area contributed by atoms with E-state index in [0.717, 1.165) is 12.2 Å². The molecule has 3 heteroatoms. The van der Waals surface area contributed by atoms with Crippen molar-refractivity contribution >= 4 is 5.78 Å². The average Bonchev–Trinajstić information content (AvgIpc) is 2.26. The van der Waals surface area contributed by atoms with Crippen molar-refractivity contribution in [1.29, 1.82) is 0 Å². The summed E-state index contributed by atoms with van der Waals surface area (Å²) in [5.74, 6) is 0.821. The van der Waals surface area contributed by atoms with Gasteiger partial charge in [-0.25, -0.2) is 0 Å². The molecule has 106 valence electrons. The monoisotopic (exact) mass is 263 g/mol. The number of carbonyl (C=O) groups is 1. The van der Waals surface area contributed by atoms with Crippen LogP contribution in [0.1, 0.15) is 40.5 Å². The van der Waals surface area contributed by atoms with Crippen molar-refractivity contribution in [1.82, 2.24) is 0 Å². The van der Waals surface area contributed by atoms with E-state index in [9.17, 15) is 4.79 Å². The topological polar surface area (TPSA) is 52.3 Å². The van der Waals surface area contributed by atoms with E-state index in [2.05, 4.69) is 20.8 Å². The molecule has 19 heavy (non-hydrogen) atoms. The fourth-order valence-corrected chi connectivity index (χ4v) is 2.52. The number of carbonyl (C=O) groups excluding carboxylic acids is 1. The average molecular weight is 263 g/mol. The molecule has 0 aliphatic carbocycles. The van der Waals surface area contributed by atoms with Crippen molar-refractivity contribution in [3.63, 3.8) is 0 Å². The molecule has 0 radical (unpaired) electrons. The molecule has 1 rings (SSSR count). The van der Waals surface area contributed by atoms with Gasteiger partial charge in [-0.15, -0.1) is 0 Å². The summed E-state index contributed by atoms with van der Waals surface area (Å²) >= 11 is 0. The largest absolute Gasteiger partial charge is 0.487 e. The van der Waals surface area contributed by atoms with Gasteiger partial charge in [-0.05, 0) is 30.9 Å². The number of rotatable bonds is 6. The third kappa shape index (κ3) is 5.88. The summed E-state index contributed by atoms with van der Waals surface area (Å²) in [4.78, 5) is 11.7. The number of benzene rings is 1. The van der Waals surface area contributed by atoms with Gasteiger partial charge in [0.25, 0.3) is 0 Å². The third-order valence-corrected chi connectivity index (χ3v) is 2.81. The van der Waals surface area contributed by atoms with E-state index < -0.39 is 5.60 Å². The molecule has 0 heterocycles. The van der Waals surface area contributed by atoms with E-state index in [1.54, 1.807) is 0 Å². The first-order valence-electron chi connectivity index (χ1n) is 6.70. The molecule has 1 unspecified atom stereocenters. The standard InChI is InChI=1S/C16H25NO2/c1-15(2,3)12-16(4,10-13(18)11-17)19-14-8-6-5-7-9-14/h5-9H,10-12,17H2,1-4H3. The lowest BCUT2D eigenvalue weighted by Gasteiger charge is -2.35. The molecule has 0 aliphatic heterocycles.